The van der Waals surface area contributed by atoms with E-state index in [4.69, 9.17) is 4.74 Å². The monoisotopic (exact) mass is 329 g/mol. The Labute approximate surface area is 139 Å². The number of hydrogen-bond donors (Lipinski definition) is 2. The van der Waals surface area contributed by atoms with Crippen LogP contribution in [0, 0.1) is 0 Å². The fraction of sp³-hybridized carbons (Fsp3) is 0.294. The average molecular weight is 329 g/mol. The average Bonchev–Trinajstić information content (AvgIpc) is 2.58. The van der Waals surface area contributed by atoms with Crippen LogP contribution in [0.25, 0.3) is 10.9 Å². The minimum absolute atomic E-state index is 0.0536. The number of aromatic nitrogens is 1. The lowest BCUT2D eigenvalue weighted by Crippen LogP contribution is -2.44. The quantitative estimate of drug-likeness (QED) is 0.818. The third-order valence-electron chi connectivity index (χ3n) is 3.38. The molecule has 1 aromatic heterocycles. The van der Waals surface area contributed by atoms with Crippen molar-refractivity contribution in [2.24, 2.45) is 0 Å². The number of benzene rings is 1. The first-order valence-electron chi connectivity index (χ1n) is 7.63. The molecule has 24 heavy (non-hydrogen) atoms. The Balaban J connectivity index is 1.87. The molecule has 0 aliphatic rings. The molecular formula is C17H19N3O4. The lowest BCUT2D eigenvalue weighted by atomic mass is 10.2. The molecule has 1 aromatic carbocycles. The van der Waals surface area contributed by atoms with Gasteiger partial charge in [-0.05, 0) is 25.5 Å². The van der Waals surface area contributed by atoms with Gasteiger partial charge in [0, 0.05) is 11.4 Å². The molecule has 1 atom stereocenters. The summed E-state index contributed by atoms with van der Waals surface area (Å²) in [5.41, 5.74) is 0.759. The van der Waals surface area contributed by atoms with E-state index in [2.05, 4.69) is 15.6 Å². The summed E-state index contributed by atoms with van der Waals surface area (Å²) < 4.78 is 4.88. The first-order valence-corrected chi connectivity index (χ1v) is 7.63. The Kier molecular flexibility index (Phi) is 5.83. The number of rotatable bonds is 5. The van der Waals surface area contributed by atoms with Crippen molar-refractivity contribution in [1.82, 2.24) is 15.6 Å². The zero-order chi connectivity index (χ0) is 17.5. The Bertz CT molecular complexity index is 760. The molecule has 2 rings (SSSR count). The van der Waals surface area contributed by atoms with Crippen LogP contribution in [0.15, 0.2) is 36.4 Å². The molecule has 0 saturated carbocycles. The number of fused-ring (bicyclic) bond motifs is 1. The molecular weight excluding hydrogens is 310 g/mol. The van der Waals surface area contributed by atoms with E-state index in [0.29, 0.717) is 5.52 Å². The lowest BCUT2D eigenvalue weighted by molar-refractivity contribution is -0.123. The zero-order valence-electron chi connectivity index (χ0n) is 13.5. The number of nitrogens with zero attached hydrogens (tertiary/aromatic N) is 1. The molecule has 0 bridgehead atoms. The van der Waals surface area contributed by atoms with Gasteiger partial charge in [-0.2, -0.15) is 0 Å². The molecule has 0 fully saturated rings. The van der Waals surface area contributed by atoms with Crippen molar-refractivity contribution in [3.8, 4) is 0 Å². The van der Waals surface area contributed by atoms with Crippen molar-refractivity contribution in [1.29, 1.82) is 0 Å². The number of hydrogen-bond acceptors (Lipinski definition) is 5. The van der Waals surface area contributed by atoms with Gasteiger partial charge in [0.05, 0.1) is 5.52 Å². The highest BCUT2D eigenvalue weighted by Gasteiger charge is 2.14. The Morgan fingerprint density at radius 3 is 2.67 bits per heavy atom. The number of nitrogens with one attached hydrogen (secondary N) is 2. The van der Waals surface area contributed by atoms with Crippen LogP contribution in [0.2, 0.25) is 0 Å². The summed E-state index contributed by atoms with van der Waals surface area (Å²) in [6, 6.07) is 9.94. The summed E-state index contributed by atoms with van der Waals surface area (Å²) in [5, 5.41) is 5.57. The molecule has 0 saturated heterocycles. The van der Waals surface area contributed by atoms with Gasteiger partial charge in [-0.3, -0.25) is 10.1 Å². The van der Waals surface area contributed by atoms with Crippen LogP contribution in [0.5, 0.6) is 0 Å². The first kappa shape index (κ1) is 17.4. The van der Waals surface area contributed by atoms with Crippen molar-refractivity contribution >= 4 is 28.8 Å². The van der Waals surface area contributed by atoms with Gasteiger partial charge >= 0.3 is 12.0 Å². The molecule has 7 heteroatoms. The molecule has 0 aliphatic heterocycles. The number of amides is 3. The molecule has 0 unspecified atom stereocenters. The predicted molar refractivity (Wildman–Crippen MR) is 88.5 cm³/mol. The van der Waals surface area contributed by atoms with Gasteiger partial charge in [0.2, 0.25) is 0 Å². The van der Waals surface area contributed by atoms with Gasteiger partial charge < -0.3 is 10.1 Å². The Morgan fingerprint density at radius 1 is 1.17 bits per heavy atom. The maximum Gasteiger partial charge on any atom is 0.357 e. The Morgan fingerprint density at radius 2 is 1.92 bits per heavy atom. The standard InChI is InChI=1S/C17H19N3O4/c1-3-11(2)18-17(23)20-15(21)10-24-16(22)14-9-8-12-6-4-5-7-13(12)19-14/h4-9,11H,3,10H2,1-2H3,(H2,18,20,21,23)/t11-/m0/s1. The topological polar surface area (TPSA) is 97.4 Å². The van der Waals surface area contributed by atoms with E-state index in [0.717, 1.165) is 11.8 Å². The van der Waals surface area contributed by atoms with E-state index >= 15 is 0 Å². The normalized spacial score (nSPS) is 11.6. The third-order valence-corrected chi connectivity index (χ3v) is 3.38. The molecule has 3 amide bonds. The van der Waals surface area contributed by atoms with Crippen molar-refractivity contribution in [3.63, 3.8) is 0 Å². The van der Waals surface area contributed by atoms with Gasteiger partial charge in [0.25, 0.3) is 5.91 Å². The first-order chi connectivity index (χ1) is 11.5. The highest BCUT2D eigenvalue weighted by atomic mass is 16.5. The summed E-state index contributed by atoms with van der Waals surface area (Å²) in [4.78, 5) is 39.2. The third kappa shape index (κ3) is 4.77. The van der Waals surface area contributed by atoms with Crippen molar-refractivity contribution in [2.75, 3.05) is 6.61 Å². The highest BCUT2D eigenvalue weighted by Crippen LogP contribution is 2.12. The molecule has 0 radical (unpaired) electrons. The van der Waals surface area contributed by atoms with Gasteiger partial charge in [-0.15, -0.1) is 0 Å². The van der Waals surface area contributed by atoms with Crippen LogP contribution >= 0.6 is 0 Å². The van der Waals surface area contributed by atoms with Gasteiger partial charge in [-0.1, -0.05) is 31.2 Å². The lowest BCUT2D eigenvalue weighted by Gasteiger charge is -2.11. The maximum absolute atomic E-state index is 11.9. The van der Waals surface area contributed by atoms with Crippen LogP contribution in [0.1, 0.15) is 30.8 Å². The van der Waals surface area contributed by atoms with Crippen LogP contribution in [0.4, 0.5) is 4.79 Å². The number of ether oxygens (including phenoxy) is 1. The largest absolute Gasteiger partial charge is 0.451 e. The SMILES string of the molecule is CC[C@H](C)NC(=O)NC(=O)COC(=O)c1ccc2ccccc2n1. The Hall–Kier alpha value is -2.96. The molecule has 2 aromatic rings. The summed E-state index contributed by atoms with van der Waals surface area (Å²) >= 11 is 0. The maximum atomic E-state index is 11.9. The second-order valence-corrected chi connectivity index (χ2v) is 5.30. The second kappa shape index (κ2) is 8.05. The fourth-order valence-corrected chi connectivity index (χ4v) is 1.91. The molecule has 0 spiro atoms. The van der Waals surface area contributed by atoms with Gasteiger partial charge in [0.15, 0.2) is 6.61 Å². The number of esters is 1. The number of imide groups is 1. The van der Waals surface area contributed by atoms with Crippen LogP contribution in [-0.2, 0) is 9.53 Å². The molecule has 0 aliphatic carbocycles. The minimum Gasteiger partial charge on any atom is -0.451 e. The van der Waals surface area contributed by atoms with Crippen molar-refractivity contribution in [2.45, 2.75) is 26.3 Å². The fourth-order valence-electron chi connectivity index (χ4n) is 1.91. The van der Waals surface area contributed by atoms with Gasteiger partial charge in [0.1, 0.15) is 5.69 Å². The summed E-state index contributed by atoms with van der Waals surface area (Å²) in [6.45, 7) is 3.17. The van der Waals surface area contributed by atoms with Gasteiger partial charge in [-0.25, -0.2) is 14.6 Å². The second-order valence-electron chi connectivity index (χ2n) is 5.30. The smallest absolute Gasteiger partial charge is 0.357 e. The zero-order valence-corrected chi connectivity index (χ0v) is 13.5. The highest BCUT2D eigenvalue weighted by molar-refractivity contribution is 5.97. The summed E-state index contributed by atoms with van der Waals surface area (Å²) in [5.74, 6) is -1.43. The minimum atomic E-state index is -0.724. The van der Waals surface area contributed by atoms with E-state index in [-0.39, 0.29) is 11.7 Å². The molecule has 1 heterocycles. The van der Waals surface area contributed by atoms with Crippen molar-refractivity contribution < 1.29 is 19.1 Å². The van der Waals surface area contributed by atoms with Crippen LogP contribution in [0.3, 0.4) is 0 Å². The number of carbonyl (C=O) groups excluding carboxylic acids is 3. The van der Waals surface area contributed by atoms with E-state index < -0.39 is 24.5 Å². The predicted octanol–water partition coefficient (Wildman–Crippen LogP) is 2.02. The number of urea groups is 1. The van der Waals surface area contributed by atoms with Crippen LogP contribution < -0.4 is 10.6 Å². The van der Waals surface area contributed by atoms with Crippen LogP contribution in [-0.4, -0.2) is 35.5 Å². The summed E-state index contributed by atoms with van der Waals surface area (Å²) in [6.07, 6.45) is 0.740. The number of pyridine rings is 1. The molecule has 2 N–H and O–H groups in total. The van der Waals surface area contributed by atoms with E-state index in [1.54, 1.807) is 12.1 Å². The van der Waals surface area contributed by atoms with Crippen molar-refractivity contribution in [3.05, 3.63) is 42.1 Å². The molecule has 7 nitrogen and oxygen atoms in total. The summed E-state index contributed by atoms with van der Waals surface area (Å²) in [7, 11) is 0. The van der Waals surface area contributed by atoms with E-state index in [1.807, 2.05) is 32.0 Å². The number of carbonyl (C=O) groups is 3. The molecule has 126 valence electrons. The van der Waals surface area contributed by atoms with E-state index in [1.165, 1.54) is 6.07 Å². The van der Waals surface area contributed by atoms with E-state index in [9.17, 15) is 14.4 Å². The number of para-hydroxylation sites is 1.